The van der Waals surface area contributed by atoms with Crippen LogP contribution in [0.4, 0.5) is 5.69 Å². The predicted molar refractivity (Wildman–Crippen MR) is 84.3 cm³/mol. The van der Waals surface area contributed by atoms with Crippen molar-refractivity contribution in [3.05, 3.63) is 65.2 Å². The van der Waals surface area contributed by atoms with Crippen LogP contribution in [0.5, 0.6) is 0 Å². The van der Waals surface area contributed by atoms with Crippen molar-refractivity contribution in [1.82, 2.24) is 5.32 Å². The van der Waals surface area contributed by atoms with Crippen molar-refractivity contribution in [1.29, 1.82) is 0 Å². The van der Waals surface area contributed by atoms with Crippen molar-refractivity contribution in [2.75, 3.05) is 19.5 Å². The van der Waals surface area contributed by atoms with Gasteiger partial charge in [0.15, 0.2) is 0 Å². The Morgan fingerprint density at radius 1 is 1.00 bits per heavy atom. The smallest absolute Gasteiger partial charge is 0.251 e. The molecule has 0 aliphatic rings. The van der Waals surface area contributed by atoms with E-state index in [9.17, 15) is 4.79 Å². The lowest BCUT2D eigenvalue weighted by atomic mass is 10.1. The maximum Gasteiger partial charge on any atom is 0.251 e. The highest BCUT2D eigenvalue weighted by Crippen LogP contribution is 2.12. The van der Waals surface area contributed by atoms with E-state index in [1.807, 2.05) is 24.3 Å². The minimum absolute atomic E-state index is 0.0738. The SMILES string of the molecule is CNC(=O)c1ccc(NCc2ccc(COC)cc2)cc1. The molecule has 0 aliphatic heterocycles. The van der Waals surface area contributed by atoms with Crippen LogP contribution in [0.25, 0.3) is 0 Å². The number of methoxy groups -OCH3 is 1. The maximum absolute atomic E-state index is 11.4. The Hall–Kier alpha value is -2.33. The Bertz CT molecular complexity index is 577. The summed E-state index contributed by atoms with van der Waals surface area (Å²) < 4.78 is 5.09. The first-order valence-electron chi connectivity index (χ1n) is 6.85. The molecule has 1 amide bonds. The average molecular weight is 284 g/mol. The Balaban J connectivity index is 1.91. The van der Waals surface area contributed by atoms with E-state index in [4.69, 9.17) is 4.74 Å². The van der Waals surface area contributed by atoms with E-state index in [-0.39, 0.29) is 5.91 Å². The van der Waals surface area contributed by atoms with E-state index in [0.29, 0.717) is 12.2 Å². The van der Waals surface area contributed by atoms with Gasteiger partial charge in [-0.25, -0.2) is 0 Å². The zero-order chi connectivity index (χ0) is 15.1. The second-order valence-corrected chi connectivity index (χ2v) is 4.76. The minimum Gasteiger partial charge on any atom is -0.381 e. The predicted octanol–water partition coefficient (Wildman–Crippen LogP) is 2.80. The molecule has 0 unspecified atom stereocenters. The molecule has 0 aromatic heterocycles. The third-order valence-corrected chi connectivity index (χ3v) is 3.20. The monoisotopic (exact) mass is 284 g/mol. The average Bonchev–Trinajstić information content (AvgIpc) is 2.54. The summed E-state index contributed by atoms with van der Waals surface area (Å²) in [5.41, 5.74) is 4.01. The minimum atomic E-state index is -0.0738. The van der Waals surface area contributed by atoms with Gasteiger partial charge in [-0.15, -0.1) is 0 Å². The topological polar surface area (TPSA) is 50.4 Å². The first-order valence-corrected chi connectivity index (χ1v) is 6.85. The largest absolute Gasteiger partial charge is 0.381 e. The lowest BCUT2D eigenvalue weighted by molar-refractivity contribution is 0.0963. The molecular weight excluding hydrogens is 264 g/mol. The van der Waals surface area contributed by atoms with E-state index in [1.165, 1.54) is 5.56 Å². The summed E-state index contributed by atoms with van der Waals surface area (Å²) in [7, 11) is 3.32. The van der Waals surface area contributed by atoms with Gasteiger partial charge < -0.3 is 15.4 Å². The van der Waals surface area contributed by atoms with E-state index in [1.54, 1.807) is 14.2 Å². The first kappa shape index (κ1) is 15.1. The molecule has 0 saturated heterocycles. The third-order valence-electron chi connectivity index (χ3n) is 3.20. The molecule has 2 aromatic carbocycles. The quantitative estimate of drug-likeness (QED) is 0.857. The fraction of sp³-hybridized carbons (Fsp3) is 0.235. The van der Waals surface area contributed by atoms with Gasteiger partial charge in [-0.1, -0.05) is 24.3 Å². The van der Waals surface area contributed by atoms with E-state index in [2.05, 4.69) is 34.9 Å². The van der Waals surface area contributed by atoms with Gasteiger partial charge in [-0.3, -0.25) is 4.79 Å². The van der Waals surface area contributed by atoms with Crippen molar-refractivity contribution in [3.63, 3.8) is 0 Å². The molecule has 0 fully saturated rings. The Kier molecular flexibility index (Phi) is 5.35. The fourth-order valence-electron chi connectivity index (χ4n) is 2.01. The lowest BCUT2D eigenvalue weighted by Crippen LogP contribution is -2.17. The molecule has 2 N–H and O–H groups in total. The Morgan fingerprint density at radius 2 is 1.62 bits per heavy atom. The highest BCUT2D eigenvalue weighted by molar-refractivity contribution is 5.94. The van der Waals surface area contributed by atoms with Gasteiger partial charge in [0.05, 0.1) is 6.61 Å². The van der Waals surface area contributed by atoms with Gasteiger partial charge in [-0.05, 0) is 35.4 Å². The van der Waals surface area contributed by atoms with E-state index in [0.717, 1.165) is 17.8 Å². The molecule has 21 heavy (non-hydrogen) atoms. The van der Waals surface area contributed by atoms with Crippen LogP contribution in [0.1, 0.15) is 21.5 Å². The first-order chi connectivity index (χ1) is 10.2. The molecule has 2 aromatic rings. The summed E-state index contributed by atoms with van der Waals surface area (Å²) in [6.07, 6.45) is 0. The highest BCUT2D eigenvalue weighted by atomic mass is 16.5. The number of rotatable bonds is 6. The molecule has 4 heteroatoms. The van der Waals surface area contributed by atoms with Crippen LogP contribution < -0.4 is 10.6 Å². The molecule has 0 saturated carbocycles. The lowest BCUT2D eigenvalue weighted by Gasteiger charge is -2.08. The van der Waals surface area contributed by atoms with Crippen molar-refractivity contribution in [2.24, 2.45) is 0 Å². The summed E-state index contributed by atoms with van der Waals surface area (Å²) in [6, 6.07) is 15.7. The number of ether oxygens (including phenoxy) is 1. The van der Waals surface area contributed by atoms with Gasteiger partial charge in [-0.2, -0.15) is 0 Å². The maximum atomic E-state index is 11.4. The molecule has 0 bridgehead atoms. The van der Waals surface area contributed by atoms with Gasteiger partial charge in [0.2, 0.25) is 0 Å². The molecular formula is C17H20N2O2. The zero-order valence-corrected chi connectivity index (χ0v) is 12.3. The van der Waals surface area contributed by atoms with Crippen LogP contribution in [-0.4, -0.2) is 20.1 Å². The number of benzene rings is 2. The van der Waals surface area contributed by atoms with E-state index < -0.39 is 0 Å². The van der Waals surface area contributed by atoms with Crippen molar-refractivity contribution in [3.8, 4) is 0 Å². The molecule has 2 rings (SSSR count). The van der Waals surface area contributed by atoms with Crippen LogP contribution in [0.3, 0.4) is 0 Å². The Morgan fingerprint density at radius 3 is 2.19 bits per heavy atom. The molecule has 0 heterocycles. The van der Waals surface area contributed by atoms with Crippen LogP contribution in [0.2, 0.25) is 0 Å². The standard InChI is InChI=1S/C17H20N2O2/c1-18-17(20)15-7-9-16(10-8-15)19-11-13-3-5-14(6-4-13)12-21-2/h3-10,19H,11-12H2,1-2H3,(H,18,20). The number of amides is 1. The van der Waals surface area contributed by atoms with Gasteiger partial charge in [0, 0.05) is 32.0 Å². The number of carbonyl (C=O) groups is 1. The molecule has 0 atom stereocenters. The zero-order valence-electron chi connectivity index (χ0n) is 12.3. The summed E-state index contributed by atoms with van der Waals surface area (Å²) >= 11 is 0. The number of carbonyl (C=O) groups excluding carboxylic acids is 1. The molecule has 110 valence electrons. The van der Waals surface area contributed by atoms with Crippen LogP contribution in [0.15, 0.2) is 48.5 Å². The van der Waals surface area contributed by atoms with Crippen LogP contribution in [-0.2, 0) is 17.9 Å². The van der Waals surface area contributed by atoms with E-state index >= 15 is 0 Å². The number of hydrogen-bond donors (Lipinski definition) is 2. The highest BCUT2D eigenvalue weighted by Gasteiger charge is 2.02. The normalized spacial score (nSPS) is 10.2. The number of anilines is 1. The van der Waals surface area contributed by atoms with Gasteiger partial charge >= 0.3 is 0 Å². The molecule has 0 spiro atoms. The number of nitrogens with one attached hydrogen (secondary N) is 2. The summed E-state index contributed by atoms with van der Waals surface area (Å²) in [5, 5.41) is 5.94. The molecule has 4 nitrogen and oxygen atoms in total. The summed E-state index contributed by atoms with van der Waals surface area (Å²) in [6.45, 7) is 1.38. The van der Waals surface area contributed by atoms with Gasteiger partial charge in [0.25, 0.3) is 5.91 Å². The van der Waals surface area contributed by atoms with Crippen LogP contribution >= 0.6 is 0 Å². The summed E-state index contributed by atoms with van der Waals surface area (Å²) in [5.74, 6) is -0.0738. The van der Waals surface area contributed by atoms with Gasteiger partial charge in [0.1, 0.15) is 0 Å². The van der Waals surface area contributed by atoms with Crippen molar-refractivity contribution in [2.45, 2.75) is 13.2 Å². The van der Waals surface area contributed by atoms with Crippen LogP contribution in [0, 0.1) is 0 Å². The van der Waals surface area contributed by atoms with Crippen molar-refractivity contribution < 1.29 is 9.53 Å². The molecule has 0 aliphatic carbocycles. The number of hydrogen-bond acceptors (Lipinski definition) is 3. The third kappa shape index (κ3) is 4.33. The molecule has 0 radical (unpaired) electrons. The second-order valence-electron chi connectivity index (χ2n) is 4.76. The fourth-order valence-corrected chi connectivity index (χ4v) is 2.01. The van der Waals surface area contributed by atoms with Crippen molar-refractivity contribution >= 4 is 11.6 Å². The second kappa shape index (κ2) is 7.45. The Labute approximate surface area is 125 Å². The summed E-state index contributed by atoms with van der Waals surface area (Å²) in [4.78, 5) is 11.4.